The molecule has 7 nitrogen and oxygen atoms in total. The number of primary amides is 1. The van der Waals surface area contributed by atoms with Gasteiger partial charge in [-0.1, -0.05) is 39.0 Å². The SMILES string of the molecule is C[C@H]1C=C2C=C[C@H](C)[C@H](CC[C@H]3C[C@@H](O)CC(=O)O3)[C@H]2[C@@H](OC(=O)[C@@H](C)CC(N)=O)C1. The number of esters is 2. The van der Waals surface area contributed by atoms with Crippen LogP contribution in [0, 0.1) is 29.6 Å². The van der Waals surface area contributed by atoms with Crippen LogP contribution in [0.5, 0.6) is 0 Å². The van der Waals surface area contributed by atoms with E-state index in [1.807, 2.05) is 0 Å². The van der Waals surface area contributed by atoms with Gasteiger partial charge in [0, 0.05) is 18.8 Å². The quantitative estimate of drug-likeness (QED) is 0.596. The van der Waals surface area contributed by atoms with Crippen molar-refractivity contribution < 1.29 is 29.0 Å². The summed E-state index contributed by atoms with van der Waals surface area (Å²) in [7, 11) is 0. The van der Waals surface area contributed by atoms with Gasteiger partial charge in [0.1, 0.15) is 12.2 Å². The Labute approximate surface area is 184 Å². The topological polar surface area (TPSA) is 116 Å². The van der Waals surface area contributed by atoms with Crippen molar-refractivity contribution in [2.45, 2.75) is 77.6 Å². The molecule has 1 fully saturated rings. The van der Waals surface area contributed by atoms with Crippen LogP contribution in [-0.4, -0.2) is 41.3 Å². The smallest absolute Gasteiger partial charge is 0.309 e. The lowest BCUT2D eigenvalue weighted by molar-refractivity contribution is -0.162. The van der Waals surface area contributed by atoms with Crippen LogP contribution in [0.3, 0.4) is 0 Å². The van der Waals surface area contributed by atoms with Crippen molar-refractivity contribution in [3.63, 3.8) is 0 Å². The first-order valence-electron chi connectivity index (χ1n) is 11.4. The molecule has 0 unspecified atom stereocenters. The van der Waals surface area contributed by atoms with Gasteiger partial charge in [-0.25, -0.2) is 0 Å². The molecule has 0 aromatic rings. The van der Waals surface area contributed by atoms with Gasteiger partial charge in [0.25, 0.3) is 0 Å². The second-order valence-electron chi connectivity index (χ2n) is 9.62. The van der Waals surface area contributed by atoms with E-state index < -0.39 is 17.9 Å². The van der Waals surface area contributed by atoms with Crippen LogP contribution in [-0.2, 0) is 23.9 Å². The first-order valence-corrected chi connectivity index (χ1v) is 11.4. The van der Waals surface area contributed by atoms with E-state index in [0.717, 1.165) is 12.8 Å². The Bertz CT molecular complexity index is 759. The van der Waals surface area contributed by atoms with Crippen molar-refractivity contribution in [2.24, 2.45) is 35.3 Å². The number of ether oxygens (including phenoxy) is 2. The molecule has 3 N–H and O–H groups in total. The number of aliphatic hydroxyl groups is 1. The molecule has 7 heteroatoms. The van der Waals surface area contributed by atoms with Gasteiger partial charge >= 0.3 is 11.9 Å². The molecule has 0 aromatic carbocycles. The van der Waals surface area contributed by atoms with Crippen LogP contribution in [0.1, 0.15) is 59.3 Å². The van der Waals surface area contributed by atoms with E-state index in [2.05, 4.69) is 32.1 Å². The summed E-state index contributed by atoms with van der Waals surface area (Å²) in [5.74, 6) is -0.965. The summed E-state index contributed by atoms with van der Waals surface area (Å²) in [4.78, 5) is 35.5. The highest BCUT2D eigenvalue weighted by Crippen LogP contribution is 2.45. The Morgan fingerprint density at radius 3 is 2.71 bits per heavy atom. The number of hydrogen-bond acceptors (Lipinski definition) is 6. The van der Waals surface area contributed by atoms with Gasteiger partial charge in [0.2, 0.25) is 5.91 Å². The van der Waals surface area contributed by atoms with E-state index in [1.165, 1.54) is 5.57 Å². The fraction of sp³-hybridized carbons (Fsp3) is 0.708. The number of nitrogens with two attached hydrogens (primary N) is 1. The van der Waals surface area contributed by atoms with Gasteiger partial charge in [-0.2, -0.15) is 0 Å². The predicted molar refractivity (Wildman–Crippen MR) is 114 cm³/mol. The summed E-state index contributed by atoms with van der Waals surface area (Å²) in [6.07, 6.45) is 8.12. The maximum absolute atomic E-state index is 12.6. The van der Waals surface area contributed by atoms with Crippen LogP contribution in [0.2, 0.25) is 0 Å². The van der Waals surface area contributed by atoms with Crippen molar-refractivity contribution in [3.05, 3.63) is 23.8 Å². The molecule has 1 amide bonds. The molecule has 0 spiro atoms. The highest BCUT2D eigenvalue weighted by molar-refractivity contribution is 5.81. The number of fused-ring (bicyclic) bond motifs is 1. The van der Waals surface area contributed by atoms with Crippen molar-refractivity contribution in [3.8, 4) is 0 Å². The number of carbonyl (C=O) groups excluding carboxylic acids is 3. The zero-order valence-corrected chi connectivity index (χ0v) is 18.7. The predicted octanol–water partition coefficient (Wildman–Crippen LogP) is 2.66. The number of carbonyl (C=O) groups is 3. The van der Waals surface area contributed by atoms with Gasteiger partial charge in [-0.15, -0.1) is 0 Å². The number of allylic oxidation sites excluding steroid dienone is 3. The largest absolute Gasteiger partial charge is 0.462 e. The van der Waals surface area contributed by atoms with Crippen LogP contribution in [0.4, 0.5) is 0 Å². The third kappa shape index (κ3) is 5.97. The highest BCUT2D eigenvalue weighted by Gasteiger charge is 2.42. The first kappa shape index (κ1) is 23.5. The minimum atomic E-state index is -0.638. The third-order valence-electron chi connectivity index (χ3n) is 6.83. The zero-order chi connectivity index (χ0) is 22.7. The Morgan fingerprint density at radius 1 is 1.29 bits per heavy atom. The maximum atomic E-state index is 12.6. The van der Waals surface area contributed by atoms with Gasteiger partial charge in [0.15, 0.2) is 0 Å². The average molecular weight is 434 g/mol. The van der Waals surface area contributed by atoms with Crippen LogP contribution in [0.25, 0.3) is 0 Å². The Balaban J connectivity index is 1.73. The molecule has 8 atom stereocenters. The average Bonchev–Trinajstić information content (AvgIpc) is 2.66. The van der Waals surface area contributed by atoms with Gasteiger partial charge in [-0.05, 0) is 42.6 Å². The highest BCUT2D eigenvalue weighted by atomic mass is 16.5. The molecule has 2 aliphatic carbocycles. The monoisotopic (exact) mass is 433 g/mol. The molecule has 0 saturated carbocycles. The van der Waals surface area contributed by atoms with Gasteiger partial charge < -0.3 is 20.3 Å². The Kier molecular flexibility index (Phi) is 7.57. The van der Waals surface area contributed by atoms with Crippen molar-refractivity contribution in [1.29, 1.82) is 0 Å². The molecule has 0 radical (unpaired) electrons. The molecular weight excluding hydrogens is 398 g/mol. The number of hydrogen-bond donors (Lipinski definition) is 2. The molecular formula is C24H35NO6. The van der Waals surface area contributed by atoms with E-state index in [4.69, 9.17) is 15.2 Å². The molecule has 0 aromatic heterocycles. The molecule has 1 heterocycles. The summed E-state index contributed by atoms with van der Waals surface area (Å²) >= 11 is 0. The van der Waals surface area contributed by atoms with Crippen molar-refractivity contribution >= 4 is 17.8 Å². The second kappa shape index (κ2) is 9.98. The maximum Gasteiger partial charge on any atom is 0.309 e. The number of cyclic esters (lactones) is 1. The van der Waals surface area contributed by atoms with E-state index >= 15 is 0 Å². The minimum absolute atomic E-state index is 0.0242. The Morgan fingerprint density at radius 2 is 2.03 bits per heavy atom. The molecule has 1 saturated heterocycles. The summed E-state index contributed by atoms with van der Waals surface area (Å²) in [5, 5.41) is 9.90. The van der Waals surface area contributed by atoms with Crippen LogP contribution >= 0.6 is 0 Å². The lowest BCUT2D eigenvalue weighted by Gasteiger charge is -2.43. The van der Waals surface area contributed by atoms with Gasteiger partial charge in [0.05, 0.1) is 18.4 Å². The van der Waals surface area contributed by atoms with Crippen LogP contribution < -0.4 is 5.73 Å². The zero-order valence-electron chi connectivity index (χ0n) is 18.7. The lowest BCUT2D eigenvalue weighted by Crippen LogP contribution is -2.42. The fourth-order valence-corrected chi connectivity index (χ4v) is 5.29. The summed E-state index contributed by atoms with van der Waals surface area (Å²) in [6, 6.07) is 0. The Hall–Kier alpha value is -2.15. The van der Waals surface area contributed by atoms with E-state index in [1.54, 1.807) is 6.92 Å². The number of rotatable bonds is 7. The first-order chi connectivity index (χ1) is 14.6. The summed E-state index contributed by atoms with van der Waals surface area (Å²) in [6.45, 7) is 5.94. The second-order valence-corrected chi connectivity index (χ2v) is 9.62. The molecule has 31 heavy (non-hydrogen) atoms. The lowest BCUT2D eigenvalue weighted by atomic mass is 9.65. The number of amides is 1. The van der Waals surface area contributed by atoms with E-state index in [0.29, 0.717) is 12.8 Å². The van der Waals surface area contributed by atoms with E-state index in [-0.39, 0.29) is 60.7 Å². The summed E-state index contributed by atoms with van der Waals surface area (Å²) in [5.41, 5.74) is 6.43. The molecule has 3 aliphatic rings. The normalized spacial score (nSPS) is 36.1. The molecule has 0 bridgehead atoms. The van der Waals surface area contributed by atoms with E-state index in [9.17, 15) is 19.5 Å². The van der Waals surface area contributed by atoms with Crippen molar-refractivity contribution in [1.82, 2.24) is 0 Å². The minimum Gasteiger partial charge on any atom is -0.462 e. The summed E-state index contributed by atoms with van der Waals surface area (Å²) < 4.78 is 11.4. The van der Waals surface area contributed by atoms with Crippen LogP contribution in [0.15, 0.2) is 23.8 Å². The van der Waals surface area contributed by atoms with Gasteiger partial charge in [-0.3, -0.25) is 14.4 Å². The standard InChI is InChI=1S/C24H35NO6/c1-13-8-16-5-4-14(2)19(7-6-18-11-17(26)12-22(28)30-18)23(16)20(9-13)31-24(29)15(3)10-21(25)27/h4-5,8,13-15,17-20,23,26H,6-7,9-12H2,1-3H3,(H2,25,27)/t13-,14-,15-,17+,18-,19-,20-,23-/m0/s1. The molecule has 172 valence electrons. The molecule has 3 rings (SSSR count). The third-order valence-corrected chi connectivity index (χ3v) is 6.83. The molecule has 1 aliphatic heterocycles. The fourth-order valence-electron chi connectivity index (χ4n) is 5.29. The number of aliphatic hydroxyl groups excluding tert-OH is 1. The van der Waals surface area contributed by atoms with Crippen molar-refractivity contribution in [2.75, 3.05) is 0 Å².